The second kappa shape index (κ2) is 5.97. The number of hydrogen-bond acceptors (Lipinski definition) is 4. The van der Waals surface area contributed by atoms with E-state index in [0.29, 0.717) is 0 Å². The van der Waals surface area contributed by atoms with Gasteiger partial charge in [0.05, 0.1) is 10.6 Å². The first-order chi connectivity index (χ1) is 10.3. The van der Waals surface area contributed by atoms with E-state index in [9.17, 15) is 0 Å². The highest BCUT2D eigenvalue weighted by Gasteiger charge is 2.09. The van der Waals surface area contributed by atoms with E-state index in [2.05, 4.69) is 16.4 Å². The van der Waals surface area contributed by atoms with E-state index >= 15 is 0 Å². The fourth-order valence-corrected chi connectivity index (χ4v) is 3.01. The fourth-order valence-electron chi connectivity index (χ4n) is 2.10. The minimum atomic E-state index is 0.831. The van der Waals surface area contributed by atoms with Gasteiger partial charge >= 0.3 is 0 Å². The molecule has 1 heterocycles. The van der Waals surface area contributed by atoms with Crippen molar-refractivity contribution < 1.29 is 4.74 Å². The Balaban J connectivity index is 1.91. The number of rotatable bonds is 4. The number of ether oxygens (including phenoxy) is 1. The second-order valence-electron chi connectivity index (χ2n) is 4.63. The minimum Gasteiger partial charge on any atom is -0.457 e. The number of nitrogens with one attached hydrogen (secondary N) is 1. The van der Waals surface area contributed by atoms with Crippen molar-refractivity contribution in [3.05, 3.63) is 60.3 Å². The van der Waals surface area contributed by atoms with Gasteiger partial charge < -0.3 is 10.1 Å². The number of para-hydroxylation sites is 1. The van der Waals surface area contributed by atoms with Gasteiger partial charge in [-0.05, 0) is 36.8 Å². The Morgan fingerprint density at radius 2 is 1.76 bits per heavy atom. The normalized spacial score (nSPS) is 10.4. The van der Waals surface area contributed by atoms with E-state index in [0.717, 1.165) is 32.8 Å². The molecule has 3 rings (SSSR count). The maximum absolute atomic E-state index is 5.88. The van der Waals surface area contributed by atoms with Crippen molar-refractivity contribution in [1.29, 1.82) is 0 Å². The lowest BCUT2D eigenvalue weighted by Crippen LogP contribution is -1.85. The van der Waals surface area contributed by atoms with Crippen molar-refractivity contribution in [3.8, 4) is 21.9 Å². The number of anilines is 1. The summed E-state index contributed by atoms with van der Waals surface area (Å²) in [4.78, 5) is 5.65. The van der Waals surface area contributed by atoms with Gasteiger partial charge in [0.25, 0.3) is 0 Å². The van der Waals surface area contributed by atoms with E-state index in [1.165, 1.54) is 0 Å². The van der Waals surface area contributed by atoms with Crippen LogP contribution in [0.2, 0.25) is 0 Å². The number of benzene rings is 2. The third kappa shape index (κ3) is 3.06. The highest BCUT2D eigenvalue weighted by atomic mass is 32.1. The van der Waals surface area contributed by atoms with Crippen LogP contribution in [0.4, 0.5) is 5.13 Å². The number of aromatic nitrogens is 1. The Morgan fingerprint density at radius 1 is 1.00 bits per heavy atom. The maximum Gasteiger partial charge on any atom is 0.183 e. The van der Waals surface area contributed by atoms with Crippen molar-refractivity contribution in [1.82, 2.24) is 4.98 Å². The lowest BCUT2D eigenvalue weighted by molar-refractivity contribution is 0.483. The monoisotopic (exact) mass is 296 g/mol. The minimum absolute atomic E-state index is 0.831. The van der Waals surface area contributed by atoms with Gasteiger partial charge in [0.1, 0.15) is 11.5 Å². The molecule has 2 aromatic carbocycles. The van der Waals surface area contributed by atoms with Gasteiger partial charge in [-0.3, -0.25) is 0 Å². The van der Waals surface area contributed by atoms with Crippen LogP contribution in [0.1, 0.15) is 5.69 Å². The van der Waals surface area contributed by atoms with E-state index in [1.54, 1.807) is 11.3 Å². The summed E-state index contributed by atoms with van der Waals surface area (Å²) >= 11 is 1.65. The van der Waals surface area contributed by atoms with E-state index < -0.39 is 0 Å². The van der Waals surface area contributed by atoms with Crippen LogP contribution in [-0.2, 0) is 0 Å². The van der Waals surface area contributed by atoms with E-state index in [4.69, 9.17) is 4.74 Å². The largest absolute Gasteiger partial charge is 0.457 e. The molecule has 0 amide bonds. The first-order valence-corrected chi connectivity index (χ1v) is 7.56. The van der Waals surface area contributed by atoms with Gasteiger partial charge in [0.15, 0.2) is 5.13 Å². The third-order valence-corrected chi connectivity index (χ3v) is 4.31. The predicted octanol–water partition coefficient (Wildman–Crippen LogP) is 4.95. The highest BCUT2D eigenvalue weighted by molar-refractivity contribution is 7.19. The van der Waals surface area contributed by atoms with Crippen LogP contribution in [-0.4, -0.2) is 12.0 Å². The van der Waals surface area contributed by atoms with Crippen LogP contribution in [0.25, 0.3) is 10.4 Å². The summed E-state index contributed by atoms with van der Waals surface area (Å²) in [5.74, 6) is 1.67. The molecule has 1 aromatic heterocycles. The van der Waals surface area contributed by atoms with E-state index in [1.807, 2.05) is 62.5 Å². The number of thiazole rings is 1. The molecule has 0 saturated heterocycles. The molecule has 3 nitrogen and oxygen atoms in total. The molecule has 0 atom stereocenters. The lowest BCUT2D eigenvalue weighted by atomic mass is 10.1. The quantitative estimate of drug-likeness (QED) is 0.739. The molecular formula is C17H16N2OS. The first-order valence-electron chi connectivity index (χ1n) is 6.75. The molecule has 4 heteroatoms. The van der Waals surface area contributed by atoms with Crippen molar-refractivity contribution in [2.45, 2.75) is 6.92 Å². The Kier molecular flexibility index (Phi) is 3.88. The van der Waals surface area contributed by atoms with Gasteiger partial charge in [-0.15, -0.1) is 0 Å². The average molecular weight is 296 g/mol. The number of hydrogen-bond donors (Lipinski definition) is 1. The van der Waals surface area contributed by atoms with Crippen LogP contribution in [0.15, 0.2) is 54.6 Å². The van der Waals surface area contributed by atoms with Gasteiger partial charge in [0.2, 0.25) is 0 Å². The van der Waals surface area contributed by atoms with Gasteiger partial charge in [-0.2, -0.15) is 0 Å². The van der Waals surface area contributed by atoms with Crippen molar-refractivity contribution in [2.75, 3.05) is 12.4 Å². The Bertz CT molecular complexity index is 738. The highest BCUT2D eigenvalue weighted by Crippen LogP contribution is 2.34. The molecule has 3 aromatic rings. The fraction of sp³-hybridized carbons (Fsp3) is 0.118. The van der Waals surface area contributed by atoms with Gasteiger partial charge in [0, 0.05) is 7.05 Å². The molecule has 21 heavy (non-hydrogen) atoms. The molecular weight excluding hydrogens is 280 g/mol. The molecule has 0 bridgehead atoms. The predicted molar refractivity (Wildman–Crippen MR) is 88.3 cm³/mol. The van der Waals surface area contributed by atoms with Gasteiger partial charge in [-0.1, -0.05) is 41.7 Å². The second-order valence-corrected chi connectivity index (χ2v) is 5.63. The summed E-state index contributed by atoms with van der Waals surface area (Å²) in [7, 11) is 1.89. The first kappa shape index (κ1) is 13.6. The smallest absolute Gasteiger partial charge is 0.183 e. The molecule has 0 fully saturated rings. The molecule has 0 saturated carbocycles. The molecule has 0 spiro atoms. The summed E-state index contributed by atoms with van der Waals surface area (Å²) < 4.78 is 5.88. The van der Waals surface area contributed by atoms with Crippen LogP contribution in [0.3, 0.4) is 0 Å². The zero-order valence-electron chi connectivity index (χ0n) is 12.0. The van der Waals surface area contributed by atoms with Crippen molar-refractivity contribution >= 4 is 16.5 Å². The Labute approximate surface area is 128 Å². The molecule has 0 unspecified atom stereocenters. The molecule has 0 radical (unpaired) electrons. The van der Waals surface area contributed by atoms with Crippen LogP contribution in [0.5, 0.6) is 11.5 Å². The zero-order chi connectivity index (χ0) is 14.7. The van der Waals surface area contributed by atoms with E-state index in [-0.39, 0.29) is 0 Å². The summed E-state index contributed by atoms with van der Waals surface area (Å²) in [6.07, 6.45) is 0. The number of aryl methyl sites for hydroxylation is 1. The molecule has 0 aliphatic carbocycles. The zero-order valence-corrected chi connectivity index (χ0v) is 12.8. The van der Waals surface area contributed by atoms with Crippen LogP contribution >= 0.6 is 11.3 Å². The van der Waals surface area contributed by atoms with Crippen molar-refractivity contribution in [2.24, 2.45) is 0 Å². The topological polar surface area (TPSA) is 34.2 Å². The molecule has 106 valence electrons. The van der Waals surface area contributed by atoms with Crippen molar-refractivity contribution in [3.63, 3.8) is 0 Å². The summed E-state index contributed by atoms with van der Waals surface area (Å²) in [5.41, 5.74) is 2.15. The van der Waals surface area contributed by atoms with Crippen LogP contribution in [0, 0.1) is 6.92 Å². The summed E-state index contributed by atoms with van der Waals surface area (Å²) in [6, 6.07) is 17.9. The molecule has 0 aliphatic heterocycles. The summed E-state index contributed by atoms with van der Waals surface area (Å²) in [6.45, 7) is 2.03. The molecule has 1 N–H and O–H groups in total. The van der Waals surface area contributed by atoms with Crippen LogP contribution < -0.4 is 10.1 Å². The van der Waals surface area contributed by atoms with Gasteiger partial charge in [-0.25, -0.2) is 4.98 Å². The standard InChI is InChI=1S/C17H16N2OS/c1-12-16(21-17(18-2)19-12)13-7-6-10-15(11-13)20-14-8-4-3-5-9-14/h3-11H,1-2H3,(H,18,19). The third-order valence-electron chi connectivity index (χ3n) is 3.09. The maximum atomic E-state index is 5.88. The Hall–Kier alpha value is -2.33. The number of nitrogens with zero attached hydrogens (tertiary/aromatic N) is 1. The average Bonchev–Trinajstić information content (AvgIpc) is 2.90. The Morgan fingerprint density at radius 3 is 2.48 bits per heavy atom. The SMILES string of the molecule is CNc1nc(C)c(-c2cccc(Oc3ccccc3)c2)s1. The lowest BCUT2D eigenvalue weighted by Gasteiger charge is -2.07. The summed E-state index contributed by atoms with van der Waals surface area (Å²) in [5, 5.41) is 4.02. The molecule has 0 aliphatic rings.